The summed E-state index contributed by atoms with van der Waals surface area (Å²) in [6.45, 7) is 2.12. The van der Waals surface area contributed by atoms with E-state index in [0.717, 1.165) is 59.9 Å². The van der Waals surface area contributed by atoms with Crippen molar-refractivity contribution in [1.82, 2.24) is 15.3 Å². The summed E-state index contributed by atoms with van der Waals surface area (Å²) in [5.41, 5.74) is 9.79. The zero-order valence-corrected chi connectivity index (χ0v) is 20.2. The van der Waals surface area contributed by atoms with E-state index >= 15 is 0 Å². The lowest BCUT2D eigenvalue weighted by molar-refractivity contribution is 0.184. The van der Waals surface area contributed by atoms with Crippen LogP contribution in [0, 0.1) is 5.82 Å². The van der Waals surface area contributed by atoms with Gasteiger partial charge >= 0.3 is 0 Å². The van der Waals surface area contributed by atoms with Crippen molar-refractivity contribution >= 4 is 28.1 Å². The molecule has 3 aromatic rings. The highest BCUT2D eigenvalue weighted by Crippen LogP contribution is 2.38. The van der Waals surface area contributed by atoms with Crippen LogP contribution in [0.2, 0.25) is 5.02 Å². The second-order valence-corrected chi connectivity index (χ2v) is 9.71. The van der Waals surface area contributed by atoms with Crippen molar-refractivity contribution in [2.75, 3.05) is 25.6 Å². The van der Waals surface area contributed by atoms with Gasteiger partial charge in [0.25, 0.3) is 0 Å². The molecule has 0 saturated heterocycles. The summed E-state index contributed by atoms with van der Waals surface area (Å²) in [5, 5.41) is 10.1. The number of nitrogens with one attached hydrogen (secondary N) is 2. The number of nitrogens with two attached hydrogens (primary N) is 1. The Morgan fingerprint density at radius 2 is 2.03 bits per heavy atom. The van der Waals surface area contributed by atoms with Gasteiger partial charge in [0.05, 0.1) is 28.6 Å². The second kappa shape index (κ2) is 10.9. The Morgan fingerprint density at radius 3 is 2.76 bits per heavy atom. The summed E-state index contributed by atoms with van der Waals surface area (Å²) in [4.78, 5) is 9.28. The summed E-state index contributed by atoms with van der Waals surface area (Å²) in [6.07, 6.45) is 5.37. The fourth-order valence-electron chi connectivity index (χ4n) is 4.12. The first-order chi connectivity index (χ1) is 16.0. The van der Waals surface area contributed by atoms with E-state index in [1.54, 1.807) is 25.4 Å². The van der Waals surface area contributed by atoms with Gasteiger partial charge in [0.15, 0.2) is 5.13 Å². The first-order valence-electron chi connectivity index (χ1n) is 11.1. The van der Waals surface area contributed by atoms with Crippen LogP contribution in [0.3, 0.4) is 0 Å². The van der Waals surface area contributed by atoms with Crippen molar-refractivity contribution in [3.63, 3.8) is 0 Å². The van der Waals surface area contributed by atoms with Crippen LogP contribution >= 0.6 is 22.9 Å². The molecule has 1 aliphatic rings. The van der Waals surface area contributed by atoms with Crippen LogP contribution < -0.4 is 16.4 Å². The number of hydrogen-bond acceptors (Lipinski definition) is 7. The maximum absolute atomic E-state index is 13.1. The molecule has 176 valence electrons. The number of anilines is 1. The van der Waals surface area contributed by atoms with Gasteiger partial charge in [-0.2, -0.15) is 0 Å². The van der Waals surface area contributed by atoms with Crippen LogP contribution in [0.4, 0.5) is 9.52 Å². The molecule has 4 rings (SSSR count). The summed E-state index contributed by atoms with van der Waals surface area (Å²) in [5.74, 6) is -0.244. The van der Waals surface area contributed by atoms with Crippen molar-refractivity contribution in [3.8, 4) is 11.3 Å². The average molecular weight is 490 g/mol. The Morgan fingerprint density at radius 1 is 1.27 bits per heavy atom. The van der Waals surface area contributed by atoms with Gasteiger partial charge in [0, 0.05) is 43.4 Å². The monoisotopic (exact) mass is 489 g/mol. The first kappa shape index (κ1) is 24.0. The van der Waals surface area contributed by atoms with E-state index in [1.807, 2.05) is 11.4 Å². The maximum atomic E-state index is 13.1. The lowest BCUT2D eigenvalue weighted by Gasteiger charge is -2.37. The minimum Gasteiger partial charge on any atom is -0.383 e. The predicted octanol–water partition coefficient (Wildman–Crippen LogP) is 4.94. The molecule has 2 aromatic heterocycles. The predicted molar refractivity (Wildman–Crippen MR) is 132 cm³/mol. The highest BCUT2D eigenvalue weighted by atomic mass is 35.5. The van der Waals surface area contributed by atoms with Crippen molar-refractivity contribution in [1.29, 1.82) is 0 Å². The molecular formula is C24H29ClFN5OS. The van der Waals surface area contributed by atoms with Gasteiger partial charge in [-0.15, -0.1) is 11.3 Å². The molecule has 1 aliphatic carbocycles. The van der Waals surface area contributed by atoms with Gasteiger partial charge in [0.2, 0.25) is 0 Å². The number of pyridine rings is 1. The highest BCUT2D eigenvalue weighted by Gasteiger charge is 2.34. The van der Waals surface area contributed by atoms with Crippen molar-refractivity contribution in [2.24, 2.45) is 5.73 Å². The number of hydrogen-bond donors (Lipinski definition) is 3. The highest BCUT2D eigenvalue weighted by molar-refractivity contribution is 7.14. The first-order valence-corrected chi connectivity index (χ1v) is 12.3. The molecule has 33 heavy (non-hydrogen) atoms. The van der Waals surface area contributed by atoms with E-state index in [0.29, 0.717) is 24.2 Å². The van der Waals surface area contributed by atoms with E-state index in [-0.39, 0.29) is 5.82 Å². The number of rotatable bonds is 9. The largest absolute Gasteiger partial charge is 0.383 e. The van der Waals surface area contributed by atoms with Crippen LogP contribution in [-0.2, 0) is 16.8 Å². The quantitative estimate of drug-likeness (QED) is 0.369. The van der Waals surface area contributed by atoms with Gasteiger partial charge in [-0.1, -0.05) is 23.7 Å². The third kappa shape index (κ3) is 6.07. The molecule has 0 bridgehead atoms. The minimum atomic E-state index is -0.474. The van der Waals surface area contributed by atoms with Crippen molar-refractivity contribution < 1.29 is 9.13 Å². The van der Waals surface area contributed by atoms with E-state index in [9.17, 15) is 4.39 Å². The molecule has 6 nitrogen and oxygen atoms in total. The lowest BCUT2D eigenvalue weighted by Crippen LogP contribution is -2.46. The van der Waals surface area contributed by atoms with Crippen molar-refractivity contribution in [2.45, 2.75) is 43.8 Å². The molecule has 1 aromatic carbocycles. The molecular weight excluding hydrogens is 461 g/mol. The number of thiazole rings is 1. The van der Waals surface area contributed by atoms with Crippen LogP contribution in [0.1, 0.15) is 36.9 Å². The lowest BCUT2D eigenvalue weighted by atomic mass is 9.77. The van der Waals surface area contributed by atoms with Gasteiger partial charge < -0.3 is 21.1 Å². The van der Waals surface area contributed by atoms with Gasteiger partial charge in [0.1, 0.15) is 5.82 Å². The fourth-order valence-corrected chi connectivity index (χ4v) is 5.03. The molecule has 0 spiro atoms. The van der Waals surface area contributed by atoms with Gasteiger partial charge in [-0.25, -0.2) is 9.37 Å². The number of ether oxygens (including phenoxy) is 1. The molecule has 0 atom stereocenters. The molecule has 1 fully saturated rings. The molecule has 0 radical (unpaired) electrons. The van der Waals surface area contributed by atoms with Gasteiger partial charge in [-0.05, 0) is 49.4 Å². The molecule has 2 heterocycles. The minimum absolute atomic E-state index is 0.244. The standard InChI is InChI=1S/C24H29ClFN5OS/c1-32-11-10-28-18-6-8-24(27,9-7-18)22-12-19(20(25)14-29-22)21-15-33-23(31-21)30-13-16-2-4-17(26)5-3-16/h2-5,12,14-15,18,28H,6-11,13,27H2,1H3,(H,30,31). The number of benzene rings is 1. The smallest absolute Gasteiger partial charge is 0.183 e. The molecule has 0 amide bonds. The topological polar surface area (TPSA) is 85.1 Å². The number of nitrogens with zero attached hydrogens (tertiary/aromatic N) is 2. The molecule has 1 saturated carbocycles. The van der Waals surface area contributed by atoms with Gasteiger partial charge in [-0.3, -0.25) is 4.98 Å². The van der Waals surface area contributed by atoms with Crippen molar-refractivity contribution in [3.05, 3.63) is 64.0 Å². The maximum Gasteiger partial charge on any atom is 0.183 e. The number of aromatic nitrogens is 2. The third-order valence-electron chi connectivity index (χ3n) is 6.12. The van der Waals surface area contributed by atoms with Crippen LogP contribution in [0.15, 0.2) is 41.9 Å². The Labute approximate surface area is 202 Å². The van der Waals surface area contributed by atoms with E-state index < -0.39 is 5.54 Å². The average Bonchev–Trinajstić information content (AvgIpc) is 3.29. The summed E-state index contributed by atoms with van der Waals surface area (Å²) < 4.78 is 18.2. The van der Waals surface area contributed by atoms with E-state index in [4.69, 9.17) is 27.1 Å². The molecule has 0 unspecified atom stereocenters. The van der Waals surface area contributed by atoms with Crippen LogP contribution in [-0.4, -0.2) is 36.3 Å². The summed E-state index contributed by atoms with van der Waals surface area (Å²) in [6, 6.07) is 8.86. The SMILES string of the molecule is COCCNC1CCC(N)(c2cc(-c3csc(NCc4ccc(F)cc4)n3)c(Cl)cn2)CC1. The normalized spacial score (nSPS) is 20.7. The Kier molecular flexibility index (Phi) is 7.93. The van der Waals surface area contributed by atoms with E-state index in [1.165, 1.54) is 23.5 Å². The zero-order chi connectivity index (χ0) is 23.3. The number of methoxy groups -OCH3 is 1. The van der Waals surface area contributed by atoms with Crippen LogP contribution in [0.25, 0.3) is 11.3 Å². The Bertz CT molecular complexity index is 1050. The second-order valence-electron chi connectivity index (χ2n) is 8.44. The molecule has 9 heteroatoms. The third-order valence-corrected chi connectivity index (χ3v) is 7.22. The molecule has 0 aliphatic heterocycles. The van der Waals surface area contributed by atoms with E-state index in [2.05, 4.69) is 15.6 Å². The Hall–Kier alpha value is -2.10. The summed E-state index contributed by atoms with van der Waals surface area (Å²) >= 11 is 7.99. The summed E-state index contributed by atoms with van der Waals surface area (Å²) in [7, 11) is 1.71. The molecule has 4 N–H and O–H groups in total. The van der Waals surface area contributed by atoms with Crippen LogP contribution in [0.5, 0.6) is 0 Å². The Balaban J connectivity index is 1.43. The fraction of sp³-hybridized carbons (Fsp3) is 0.417. The zero-order valence-electron chi connectivity index (χ0n) is 18.6. The number of halogens is 2.